The summed E-state index contributed by atoms with van der Waals surface area (Å²) >= 11 is 0. The Balaban J connectivity index is 1.57. The van der Waals surface area contributed by atoms with E-state index in [2.05, 4.69) is 0 Å². The third-order valence-electron chi connectivity index (χ3n) is 6.59. The molecule has 6 unspecified atom stereocenters. The van der Waals surface area contributed by atoms with Gasteiger partial charge in [0.25, 0.3) is 0 Å². The molecule has 2 aliphatic rings. The molecule has 3 aromatic rings. The summed E-state index contributed by atoms with van der Waals surface area (Å²) in [7, 11) is 0. The van der Waals surface area contributed by atoms with Crippen molar-refractivity contribution in [3.63, 3.8) is 0 Å². The number of aromatic hydroxyl groups is 3. The molecule has 0 aromatic heterocycles. The van der Waals surface area contributed by atoms with Crippen LogP contribution < -0.4 is 0 Å². The van der Waals surface area contributed by atoms with Gasteiger partial charge in [-0.1, -0.05) is 18.2 Å². The summed E-state index contributed by atoms with van der Waals surface area (Å²) in [5.41, 5.74) is -1.26. The number of esters is 1. The van der Waals surface area contributed by atoms with Crippen molar-refractivity contribution in [3.05, 3.63) is 88.0 Å². The molecule has 3 aromatic carbocycles. The summed E-state index contributed by atoms with van der Waals surface area (Å²) in [6.45, 7) is 1.55. The Morgan fingerprint density at radius 2 is 1.44 bits per heavy atom. The number of hydrogen-bond donors (Lipinski definition) is 7. The van der Waals surface area contributed by atoms with E-state index in [0.717, 1.165) is 12.1 Å². The molecule has 12 heteroatoms. The third kappa shape index (κ3) is 4.38. The number of fused-ring (bicyclic) bond motifs is 2. The van der Waals surface area contributed by atoms with Crippen LogP contribution in [-0.4, -0.2) is 78.4 Å². The molecule has 12 nitrogen and oxygen atoms in total. The quantitative estimate of drug-likeness (QED) is 0.178. The van der Waals surface area contributed by atoms with Crippen molar-refractivity contribution in [2.45, 2.75) is 43.6 Å². The van der Waals surface area contributed by atoms with Crippen LogP contribution in [0.15, 0.2) is 54.6 Å². The lowest BCUT2D eigenvalue weighted by atomic mass is 9.78. The Hall–Kier alpha value is -4.04. The van der Waals surface area contributed by atoms with Crippen LogP contribution in [0.4, 0.5) is 0 Å². The smallest absolute Gasteiger partial charge is 0.340 e. The van der Waals surface area contributed by atoms with E-state index in [4.69, 9.17) is 14.2 Å². The Labute approximate surface area is 220 Å². The molecule has 0 bridgehead atoms. The Bertz CT molecular complexity index is 1390. The van der Waals surface area contributed by atoms with Crippen molar-refractivity contribution in [1.82, 2.24) is 0 Å². The number of aliphatic hydroxyl groups excluding tert-OH is 3. The van der Waals surface area contributed by atoms with E-state index in [1.807, 2.05) is 0 Å². The number of aryl methyl sites for hydroxylation is 1. The zero-order valence-electron chi connectivity index (χ0n) is 20.3. The molecule has 0 radical (unpaired) electrons. The third-order valence-corrected chi connectivity index (χ3v) is 6.59. The Morgan fingerprint density at radius 1 is 0.846 bits per heavy atom. The van der Waals surface area contributed by atoms with Gasteiger partial charge in [0.1, 0.15) is 35.6 Å². The first-order chi connectivity index (χ1) is 18.4. The molecule has 1 heterocycles. The minimum absolute atomic E-state index is 0.0931. The van der Waals surface area contributed by atoms with Gasteiger partial charge in [-0.05, 0) is 42.8 Å². The molecule has 0 saturated carbocycles. The van der Waals surface area contributed by atoms with Crippen LogP contribution in [0.5, 0.6) is 17.2 Å². The van der Waals surface area contributed by atoms with Crippen molar-refractivity contribution in [2.24, 2.45) is 0 Å². The summed E-state index contributed by atoms with van der Waals surface area (Å²) in [4.78, 5) is 25.8. The van der Waals surface area contributed by atoms with Crippen LogP contribution in [0, 0.1) is 6.92 Å². The lowest BCUT2D eigenvalue weighted by molar-refractivity contribution is -0.380. The molecule has 0 amide bonds. The van der Waals surface area contributed by atoms with Crippen LogP contribution in [0.25, 0.3) is 0 Å². The number of ketones is 1. The van der Waals surface area contributed by atoms with Gasteiger partial charge in [0, 0.05) is 17.2 Å². The fourth-order valence-corrected chi connectivity index (χ4v) is 4.72. The van der Waals surface area contributed by atoms with Gasteiger partial charge in [0.2, 0.25) is 17.9 Å². The largest absolute Gasteiger partial charge is 0.508 e. The molecule has 7 N–H and O–H groups in total. The SMILES string of the molecule is Cc1cc(O)c2c(c1)C(O)(OC1OC(OC(=O)c3ccccc3)C(O)C(O)C1O)c1cc(O)cc(O)c1C2=O. The van der Waals surface area contributed by atoms with Gasteiger partial charge >= 0.3 is 5.97 Å². The van der Waals surface area contributed by atoms with E-state index in [1.54, 1.807) is 25.1 Å². The average molecular weight is 540 g/mol. The molecule has 1 saturated heterocycles. The molecule has 1 aliphatic carbocycles. The number of rotatable bonds is 4. The van der Waals surface area contributed by atoms with E-state index in [1.165, 1.54) is 24.3 Å². The summed E-state index contributed by atoms with van der Waals surface area (Å²) in [5, 5.41) is 74.6. The van der Waals surface area contributed by atoms with Crippen molar-refractivity contribution < 1.29 is 59.5 Å². The van der Waals surface area contributed by atoms with E-state index >= 15 is 0 Å². The van der Waals surface area contributed by atoms with Gasteiger partial charge < -0.3 is 50.0 Å². The lowest BCUT2D eigenvalue weighted by Crippen LogP contribution is -2.61. The van der Waals surface area contributed by atoms with Gasteiger partial charge in [-0.3, -0.25) is 4.79 Å². The molecule has 0 spiro atoms. The highest BCUT2D eigenvalue weighted by molar-refractivity contribution is 6.16. The topological polar surface area (TPSA) is 203 Å². The van der Waals surface area contributed by atoms with Gasteiger partial charge in [-0.25, -0.2) is 4.79 Å². The van der Waals surface area contributed by atoms with Crippen molar-refractivity contribution >= 4 is 11.8 Å². The fraction of sp³-hybridized carbons (Fsp3) is 0.259. The van der Waals surface area contributed by atoms with Gasteiger partial charge in [-0.15, -0.1) is 0 Å². The maximum absolute atomic E-state index is 13.2. The number of hydrogen-bond acceptors (Lipinski definition) is 12. The summed E-state index contributed by atoms with van der Waals surface area (Å²) in [5.74, 6) is -6.45. The molecule has 1 aliphatic heterocycles. The monoisotopic (exact) mass is 540 g/mol. The van der Waals surface area contributed by atoms with Crippen LogP contribution in [0.3, 0.4) is 0 Å². The Kier molecular flexibility index (Phi) is 6.55. The number of carbonyl (C=O) groups is 2. The first-order valence-electron chi connectivity index (χ1n) is 11.7. The van der Waals surface area contributed by atoms with Crippen molar-refractivity contribution in [3.8, 4) is 17.2 Å². The molecule has 1 fully saturated rings. The van der Waals surface area contributed by atoms with Crippen LogP contribution in [-0.2, 0) is 20.0 Å². The summed E-state index contributed by atoms with van der Waals surface area (Å²) in [6.07, 6.45) is -9.83. The van der Waals surface area contributed by atoms with Crippen LogP contribution in [0.2, 0.25) is 0 Å². The number of phenolic OH excluding ortho intramolecular Hbond substituents is 3. The lowest BCUT2D eigenvalue weighted by Gasteiger charge is -2.44. The second kappa shape index (κ2) is 9.61. The highest BCUT2D eigenvalue weighted by Crippen LogP contribution is 2.49. The normalized spacial score (nSPS) is 27.9. The highest BCUT2D eigenvalue weighted by atomic mass is 16.8. The minimum atomic E-state index is -2.78. The average Bonchev–Trinajstić information content (AvgIpc) is 2.88. The Morgan fingerprint density at radius 3 is 2.10 bits per heavy atom. The summed E-state index contributed by atoms with van der Waals surface area (Å²) < 4.78 is 16.4. The van der Waals surface area contributed by atoms with Crippen molar-refractivity contribution in [2.75, 3.05) is 0 Å². The van der Waals surface area contributed by atoms with Gasteiger partial charge in [-0.2, -0.15) is 0 Å². The number of aliphatic hydroxyl groups is 4. The second-order valence-corrected chi connectivity index (χ2v) is 9.30. The maximum atomic E-state index is 13.2. The predicted molar refractivity (Wildman–Crippen MR) is 129 cm³/mol. The van der Waals surface area contributed by atoms with Gasteiger partial charge in [0.05, 0.1) is 16.7 Å². The van der Waals surface area contributed by atoms with E-state index in [0.29, 0.717) is 5.56 Å². The molecular weight excluding hydrogens is 516 g/mol. The molecular formula is C27H24O12. The maximum Gasteiger partial charge on any atom is 0.340 e. The molecule has 204 valence electrons. The first kappa shape index (κ1) is 26.6. The zero-order valence-corrected chi connectivity index (χ0v) is 20.3. The highest BCUT2D eigenvalue weighted by Gasteiger charge is 2.53. The number of benzene rings is 3. The van der Waals surface area contributed by atoms with Crippen LogP contribution in [0.1, 0.15) is 43.0 Å². The van der Waals surface area contributed by atoms with E-state index in [9.17, 15) is 45.3 Å². The standard InChI is InChI=1S/C27H24O12/c1-11-7-14-18(16(29)8-11)20(31)19-15(9-13(28)10-17(19)30)27(14,36)39-26-23(34)21(32)22(33)25(38-26)37-24(35)12-5-3-2-4-6-12/h2-10,21-23,25-26,28-30,32-34,36H,1H3. The molecule has 39 heavy (non-hydrogen) atoms. The van der Waals surface area contributed by atoms with Crippen molar-refractivity contribution in [1.29, 1.82) is 0 Å². The second-order valence-electron chi connectivity index (χ2n) is 9.30. The fourth-order valence-electron chi connectivity index (χ4n) is 4.72. The van der Waals surface area contributed by atoms with E-state index < -0.39 is 82.4 Å². The van der Waals surface area contributed by atoms with Crippen LogP contribution >= 0.6 is 0 Å². The molecule has 5 rings (SSSR count). The predicted octanol–water partition coefficient (Wildman–Crippen LogP) is 0.488. The van der Waals surface area contributed by atoms with Gasteiger partial charge in [0.15, 0.2) is 6.29 Å². The number of ether oxygens (including phenoxy) is 3. The minimum Gasteiger partial charge on any atom is -0.508 e. The van der Waals surface area contributed by atoms with E-state index in [-0.39, 0.29) is 11.1 Å². The summed E-state index contributed by atoms with van der Waals surface area (Å²) in [6, 6.07) is 12.0. The number of phenols is 3. The number of carbonyl (C=O) groups excluding carboxylic acids is 2. The first-order valence-corrected chi connectivity index (χ1v) is 11.7. The zero-order chi connectivity index (χ0) is 28.2. The molecule has 6 atom stereocenters.